The lowest BCUT2D eigenvalue weighted by Gasteiger charge is -2.33. The van der Waals surface area contributed by atoms with E-state index in [1.165, 1.54) is 23.8 Å². The van der Waals surface area contributed by atoms with Crippen molar-refractivity contribution >= 4 is 38.6 Å². The number of rotatable bonds is 9. The Kier molecular flexibility index (Phi) is 9.41. The zero-order chi connectivity index (χ0) is 26.7. The minimum Gasteiger partial charge on any atom is -0.375 e. The van der Waals surface area contributed by atoms with Crippen molar-refractivity contribution in [1.82, 2.24) is 4.90 Å². The number of fused-ring (bicyclic) bond motifs is 1. The van der Waals surface area contributed by atoms with Gasteiger partial charge in [0.1, 0.15) is 17.7 Å². The molecular weight excluding hydrogens is 494 g/mol. The van der Waals surface area contributed by atoms with E-state index in [0.29, 0.717) is 33.2 Å². The molecule has 0 spiro atoms. The Labute approximate surface area is 223 Å². The highest BCUT2D eigenvalue weighted by Gasteiger charge is 2.27. The summed E-state index contributed by atoms with van der Waals surface area (Å²) in [5.41, 5.74) is 3.01. The van der Waals surface area contributed by atoms with Crippen LogP contribution < -0.4 is 0 Å². The van der Waals surface area contributed by atoms with Crippen molar-refractivity contribution in [2.75, 3.05) is 7.05 Å². The molecule has 36 heavy (non-hydrogen) atoms. The summed E-state index contributed by atoms with van der Waals surface area (Å²) < 4.78 is 30.9. The number of thiophene rings is 1. The summed E-state index contributed by atoms with van der Waals surface area (Å²) in [7, 11) is 2.08. The first-order chi connectivity index (χ1) is 17.0. The number of halogens is 3. The van der Waals surface area contributed by atoms with Gasteiger partial charge in [-0.2, -0.15) is 5.26 Å². The van der Waals surface area contributed by atoms with E-state index in [0.717, 1.165) is 35.4 Å². The molecule has 1 aromatic carbocycles. The molecule has 2 unspecified atom stereocenters. The predicted octanol–water partition coefficient (Wildman–Crippen LogP) is 10.1. The second kappa shape index (κ2) is 11.9. The van der Waals surface area contributed by atoms with Crippen LogP contribution in [0.2, 0.25) is 0 Å². The Morgan fingerprint density at radius 1 is 1.17 bits per heavy atom. The fourth-order valence-electron chi connectivity index (χ4n) is 4.94. The van der Waals surface area contributed by atoms with Gasteiger partial charge in [-0.05, 0) is 61.3 Å². The SMILES string of the molecule is CCC(C)CCC(CC)N(C)/C(C)=C1\C=C(Cl)C(c2ccc(F)c3sc(C(C)C)c(C#N)c23)=C(F)C1. The van der Waals surface area contributed by atoms with Crippen molar-refractivity contribution in [3.8, 4) is 6.07 Å². The average Bonchev–Trinajstić information content (AvgIpc) is 3.25. The highest BCUT2D eigenvalue weighted by atomic mass is 35.5. The maximum atomic E-state index is 15.8. The zero-order valence-corrected chi connectivity index (χ0v) is 24.0. The number of nitrogens with zero attached hydrogens (tertiary/aromatic N) is 2. The molecule has 0 fully saturated rings. The van der Waals surface area contributed by atoms with Crippen LogP contribution in [0.1, 0.15) is 95.6 Å². The molecule has 2 aromatic rings. The van der Waals surface area contributed by atoms with E-state index >= 15 is 4.39 Å². The highest BCUT2D eigenvalue weighted by molar-refractivity contribution is 7.19. The van der Waals surface area contributed by atoms with E-state index in [1.54, 1.807) is 6.07 Å². The van der Waals surface area contributed by atoms with Crippen molar-refractivity contribution in [2.24, 2.45) is 5.92 Å². The number of allylic oxidation sites excluding steroid dienone is 6. The third kappa shape index (κ3) is 5.55. The van der Waals surface area contributed by atoms with Crippen LogP contribution in [0.15, 0.2) is 40.3 Å². The quantitative estimate of drug-likeness (QED) is 0.322. The number of hydrogen-bond acceptors (Lipinski definition) is 3. The van der Waals surface area contributed by atoms with Crippen molar-refractivity contribution in [2.45, 2.75) is 85.6 Å². The van der Waals surface area contributed by atoms with Crippen molar-refractivity contribution < 1.29 is 8.78 Å². The second-order valence-electron chi connectivity index (χ2n) is 10.2. The number of hydrogen-bond donors (Lipinski definition) is 0. The van der Waals surface area contributed by atoms with Gasteiger partial charge in [-0.25, -0.2) is 8.78 Å². The van der Waals surface area contributed by atoms with E-state index in [4.69, 9.17) is 11.6 Å². The molecule has 0 radical (unpaired) electrons. The summed E-state index contributed by atoms with van der Waals surface area (Å²) in [5, 5.41) is 10.6. The van der Waals surface area contributed by atoms with Crippen LogP contribution in [0, 0.1) is 23.1 Å². The Bertz CT molecular complexity index is 1260. The highest BCUT2D eigenvalue weighted by Crippen LogP contribution is 2.46. The van der Waals surface area contributed by atoms with E-state index in [-0.39, 0.29) is 28.8 Å². The van der Waals surface area contributed by atoms with Crippen molar-refractivity contribution in [3.63, 3.8) is 0 Å². The molecule has 2 nitrogen and oxygen atoms in total. The van der Waals surface area contributed by atoms with Gasteiger partial charge in [-0.3, -0.25) is 0 Å². The molecule has 0 saturated carbocycles. The average molecular weight is 531 g/mol. The number of nitriles is 1. The molecule has 3 rings (SSSR count). The van der Waals surface area contributed by atoms with Crippen molar-refractivity contribution in [3.05, 3.63) is 62.2 Å². The largest absolute Gasteiger partial charge is 0.375 e. The molecule has 0 aliphatic heterocycles. The van der Waals surface area contributed by atoms with Gasteiger partial charge in [0.15, 0.2) is 0 Å². The van der Waals surface area contributed by atoms with Crippen LogP contribution in [0.25, 0.3) is 15.7 Å². The molecule has 6 heteroatoms. The molecule has 0 N–H and O–H groups in total. The van der Waals surface area contributed by atoms with Crippen LogP contribution in [0.4, 0.5) is 8.78 Å². The van der Waals surface area contributed by atoms with Gasteiger partial charge in [-0.15, -0.1) is 11.3 Å². The summed E-state index contributed by atoms with van der Waals surface area (Å²) in [4.78, 5) is 3.06. The molecule has 194 valence electrons. The summed E-state index contributed by atoms with van der Waals surface area (Å²) >= 11 is 8.00. The lowest BCUT2D eigenvalue weighted by Crippen LogP contribution is -2.31. The van der Waals surface area contributed by atoms with E-state index in [2.05, 4.69) is 38.8 Å². The first kappa shape index (κ1) is 28.4. The van der Waals surface area contributed by atoms with Gasteiger partial charge >= 0.3 is 0 Å². The number of benzene rings is 1. The smallest absolute Gasteiger partial charge is 0.141 e. The Morgan fingerprint density at radius 2 is 1.86 bits per heavy atom. The fourth-order valence-corrected chi connectivity index (χ4v) is 6.46. The maximum absolute atomic E-state index is 15.8. The Morgan fingerprint density at radius 3 is 2.42 bits per heavy atom. The van der Waals surface area contributed by atoms with Gasteiger partial charge < -0.3 is 4.90 Å². The molecule has 1 aliphatic rings. The van der Waals surface area contributed by atoms with Gasteiger partial charge in [0.2, 0.25) is 0 Å². The molecule has 1 heterocycles. The lowest BCUT2D eigenvalue weighted by atomic mass is 9.90. The van der Waals surface area contributed by atoms with Gasteiger partial charge in [0.25, 0.3) is 0 Å². The zero-order valence-electron chi connectivity index (χ0n) is 22.4. The van der Waals surface area contributed by atoms with Gasteiger partial charge in [0, 0.05) is 41.0 Å². The van der Waals surface area contributed by atoms with Gasteiger partial charge in [0.05, 0.1) is 15.3 Å². The first-order valence-corrected chi connectivity index (χ1v) is 14.1. The lowest BCUT2D eigenvalue weighted by molar-refractivity contribution is 0.260. The maximum Gasteiger partial charge on any atom is 0.141 e. The van der Waals surface area contributed by atoms with Crippen molar-refractivity contribution in [1.29, 1.82) is 5.26 Å². The molecule has 2 atom stereocenters. The topological polar surface area (TPSA) is 27.0 Å². The van der Waals surface area contributed by atoms with E-state index in [1.807, 2.05) is 26.8 Å². The predicted molar refractivity (Wildman–Crippen MR) is 150 cm³/mol. The fraction of sp³-hybridized carbons (Fsp3) is 0.500. The monoisotopic (exact) mass is 530 g/mol. The van der Waals surface area contributed by atoms with Crippen LogP contribution in [0.3, 0.4) is 0 Å². The van der Waals surface area contributed by atoms with E-state index in [9.17, 15) is 9.65 Å². The standard InChI is InChI=1S/C30H37ClF2N2S/c1-8-18(5)10-11-21(9-2)35(7)19(6)20-14-24(31)28(26(33)15-20)22-12-13-25(32)30-27(22)23(16-34)29(36-30)17(3)4/h12-14,17-18,21H,8-11,15H2,1-7H3/b20-19+. The summed E-state index contributed by atoms with van der Waals surface area (Å²) in [6.07, 6.45) is 6.39. The van der Waals surface area contributed by atoms with Gasteiger partial charge in [-0.1, -0.05) is 58.7 Å². The molecule has 1 aliphatic carbocycles. The Hall–Kier alpha value is -2.16. The Balaban J connectivity index is 2.04. The molecule has 1 aromatic heterocycles. The van der Waals surface area contributed by atoms with E-state index < -0.39 is 5.82 Å². The minimum absolute atomic E-state index is 0.0556. The normalized spacial score (nSPS) is 17.3. The first-order valence-electron chi connectivity index (χ1n) is 12.9. The molecule has 0 saturated heterocycles. The third-order valence-electron chi connectivity index (χ3n) is 7.58. The molecule has 0 amide bonds. The van der Waals surface area contributed by atoms with Crippen LogP contribution in [0.5, 0.6) is 0 Å². The second-order valence-corrected chi connectivity index (χ2v) is 11.7. The molecule has 0 bridgehead atoms. The summed E-state index contributed by atoms with van der Waals surface area (Å²) in [5.74, 6) is -0.0151. The summed E-state index contributed by atoms with van der Waals surface area (Å²) in [6.45, 7) is 12.7. The van der Waals surface area contributed by atoms with Crippen LogP contribution >= 0.6 is 22.9 Å². The van der Waals surface area contributed by atoms with Crippen LogP contribution in [-0.2, 0) is 0 Å². The summed E-state index contributed by atoms with van der Waals surface area (Å²) in [6, 6.07) is 5.51. The third-order valence-corrected chi connectivity index (χ3v) is 9.38. The molecular formula is C30H37ClF2N2S. The van der Waals surface area contributed by atoms with Crippen LogP contribution in [-0.4, -0.2) is 18.0 Å². The minimum atomic E-state index is -0.403.